The van der Waals surface area contributed by atoms with E-state index in [1.165, 1.54) is 29.2 Å². The first-order valence-electron chi connectivity index (χ1n) is 12.5. The lowest BCUT2D eigenvalue weighted by Crippen LogP contribution is -2.68. The van der Waals surface area contributed by atoms with E-state index in [1.807, 2.05) is 30.3 Å². The van der Waals surface area contributed by atoms with E-state index in [0.717, 1.165) is 5.56 Å². The summed E-state index contributed by atoms with van der Waals surface area (Å²) in [6, 6.07) is 10.9. The fourth-order valence-corrected chi connectivity index (χ4v) is 5.50. The van der Waals surface area contributed by atoms with Crippen molar-refractivity contribution >= 4 is 23.9 Å². The van der Waals surface area contributed by atoms with Gasteiger partial charge in [-0.1, -0.05) is 30.3 Å². The van der Waals surface area contributed by atoms with Gasteiger partial charge in [0.2, 0.25) is 5.60 Å². The zero-order valence-corrected chi connectivity index (χ0v) is 21.8. The molecule has 4 aliphatic heterocycles. The first kappa shape index (κ1) is 25.3. The summed E-state index contributed by atoms with van der Waals surface area (Å²) in [5.41, 5.74) is -1.15. The highest BCUT2D eigenvalue weighted by atomic mass is 16.8. The molecule has 3 fully saturated rings. The van der Waals surface area contributed by atoms with E-state index in [1.54, 1.807) is 20.8 Å². The number of hydroxylamine groups is 1. The van der Waals surface area contributed by atoms with Gasteiger partial charge in [0.25, 0.3) is 5.79 Å². The lowest BCUT2D eigenvalue weighted by Gasteiger charge is -2.51. The Kier molecular flexibility index (Phi) is 5.50. The van der Waals surface area contributed by atoms with Crippen LogP contribution in [0.25, 0.3) is 0 Å². The third-order valence-electron chi connectivity index (χ3n) is 7.18. The molecule has 206 valence electrons. The van der Waals surface area contributed by atoms with Crippen LogP contribution in [0.5, 0.6) is 5.75 Å². The Morgan fingerprint density at radius 1 is 1.18 bits per heavy atom. The number of carbonyl (C=O) groups is 3. The van der Waals surface area contributed by atoms with Crippen LogP contribution in [0.15, 0.2) is 42.5 Å². The number of carbonyl (C=O) groups excluding carboxylic acids is 3. The lowest BCUT2D eigenvalue weighted by atomic mass is 9.78. The van der Waals surface area contributed by atoms with E-state index in [9.17, 15) is 19.5 Å². The van der Waals surface area contributed by atoms with E-state index in [4.69, 9.17) is 28.5 Å². The quantitative estimate of drug-likeness (QED) is 0.349. The first-order valence-corrected chi connectivity index (χ1v) is 12.5. The molecule has 4 aliphatic rings. The van der Waals surface area contributed by atoms with Crippen molar-refractivity contribution < 1.29 is 48.0 Å². The lowest BCUT2D eigenvalue weighted by molar-refractivity contribution is -0.317. The second kappa shape index (κ2) is 8.48. The van der Waals surface area contributed by atoms with Crippen molar-refractivity contribution in [1.29, 1.82) is 0 Å². The first-order chi connectivity index (χ1) is 18.5. The Balaban J connectivity index is 1.48. The van der Waals surface area contributed by atoms with Gasteiger partial charge in [-0.15, -0.1) is 0 Å². The molecule has 4 atom stereocenters. The molecule has 0 aliphatic carbocycles. The second-order valence-corrected chi connectivity index (χ2v) is 10.9. The highest BCUT2D eigenvalue weighted by Crippen LogP contribution is 2.61. The summed E-state index contributed by atoms with van der Waals surface area (Å²) in [6.45, 7) is 5.04. The maximum Gasteiger partial charge on any atom is 0.509 e. The molecule has 3 saturated heterocycles. The molecule has 1 amide bonds. The number of fused-ring (bicyclic) bond motifs is 8. The molecular weight excluding hydrogens is 512 g/mol. The molecule has 12 heteroatoms. The van der Waals surface area contributed by atoms with E-state index in [2.05, 4.69) is 0 Å². The number of rotatable bonds is 4. The van der Waals surface area contributed by atoms with Gasteiger partial charge in [0.15, 0.2) is 0 Å². The van der Waals surface area contributed by atoms with Gasteiger partial charge in [-0.2, -0.15) is 0 Å². The zero-order chi connectivity index (χ0) is 27.7. The number of aliphatic hydroxyl groups is 1. The number of hydrogen-bond acceptors (Lipinski definition) is 11. The summed E-state index contributed by atoms with van der Waals surface area (Å²) < 4.78 is 27.6. The van der Waals surface area contributed by atoms with Crippen molar-refractivity contribution in [2.24, 2.45) is 0 Å². The number of methoxy groups -OCH3 is 1. The highest BCUT2D eigenvalue weighted by molar-refractivity contribution is 5.92. The van der Waals surface area contributed by atoms with Crippen LogP contribution < -0.4 is 9.80 Å². The Morgan fingerprint density at radius 2 is 1.92 bits per heavy atom. The number of ether oxygens (including phenoxy) is 5. The third kappa shape index (κ3) is 3.85. The van der Waals surface area contributed by atoms with E-state index in [0.29, 0.717) is 5.69 Å². The van der Waals surface area contributed by atoms with Gasteiger partial charge >= 0.3 is 18.2 Å². The Morgan fingerprint density at radius 3 is 2.56 bits per heavy atom. The molecular formula is C27H28N2O10. The van der Waals surface area contributed by atoms with Crippen LogP contribution in [0.3, 0.4) is 0 Å². The minimum Gasteiger partial charge on any atom is -0.488 e. The largest absolute Gasteiger partial charge is 0.509 e. The minimum absolute atomic E-state index is 0.109. The van der Waals surface area contributed by atoms with Gasteiger partial charge in [0.05, 0.1) is 36.5 Å². The number of amides is 1. The Labute approximate surface area is 223 Å². The molecule has 0 saturated carbocycles. The standard InChI is InChI=1S/C27H28N2O10/c1-25(2,3)37-23(31)29-18-12-28-17-10-16(22(30)34-4)11-19(35-13-15-8-6-5-7-9-15)20(17)26(14-36-24(32)38-26)27(33,39-28)21(18)29/h5-11,18,21,33H,12-14H2,1-4H3/t18-,21-,26-,27-,29?/m0/s1. The number of benzene rings is 2. The Bertz CT molecular complexity index is 1360. The average molecular weight is 541 g/mol. The molecule has 0 radical (unpaired) electrons. The summed E-state index contributed by atoms with van der Waals surface area (Å²) in [6.07, 6.45) is -1.67. The summed E-state index contributed by atoms with van der Waals surface area (Å²) in [7, 11) is 1.25. The van der Waals surface area contributed by atoms with Crippen LogP contribution in [0.2, 0.25) is 0 Å². The maximum atomic E-state index is 13.1. The number of anilines is 1. The monoisotopic (exact) mass is 540 g/mol. The van der Waals surface area contributed by atoms with Gasteiger partial charge in [0.1, 0.15) is 30.6 Å². The molecule has 0 aromatic heterocycles. The topological polar surface area (TPSA) is 133 Å². The van der Waals surface area contributed by atoms with Crippen molar-refractivity contribution in [3.05, 3.63) is 59.2 Å². The second-order valence-electron chi connectivity index (χ2n) is 10.9. The van der Waals surface area contributed by atoms with Gasteiger partial charge in [0, 0.05) is 0 Å². The molecule has 0 unspecified atom stereocenters. The molecule has 2 aromatic carbocycles. The van der Waals surface area contributed by atoms with Crippen LogP contribution >= 0.6 is 0 Å². The number of nitrogens with zero attached hydrogens (tertiary/aromatic N) is 2. The predicted molar refractivity (Wildman–Crippen MR) is 132 cm³/mol. The van der Waals surface area contributed by atoms with Crippen LogP contribution in [0.4, 0.5) is 15.3 Å². The molecule has 39 heavy (non-hydrogen) atoms. The minimum atomic E-state index is -2.25. The van der Waals surface area contributed by atoms with Crippen LogP contribution in [-0.4, -0.2) is 72.0 Å². The fourth-order valence-electron chi connectivity index (χ4n) is 5.50. The summed E-state index contributed by atoms with van der Waals surface area (Å²) in [5, 5.41) is 13.5. The highest BCUT2D eigenvalue weighted by Gasteiger charge is 2.80. The molecule has 6 rings (SSSR count). The summed E-state index contributed by atoms with van der Waals surface area (Å²) in [5.74, 6) is -2.72. The van der Waals surface area contributed by atoms with Crippen molar-refractivity contribution in [2.45, 2.75) is 56.5 Å². The average Bonchev–Trinajstić information content (AvgIpc) is 3.51. The number of hydrogen-bond donors (Lipinski definition) is 1. The number of esters is 1. The Hall–Kier alpha value is -4.03. The van der Waals surface area contributed by atoms with Crippen LogP contribution in [0.1, 0.15) is 42.3 Å². The van der Waals surface area contributed by atoms with Gasteiger partial charge in [-0.05, 0) is 38.5 Å². The summed E-state index contributed by atoms with van der Waals surface area (Å²) in [4.78, 5) is 45.5. The maximum absolute atomic E-state index is 13.1. The molecule has 2 aromatic rings. The van der Waals surface area contributed by atoms with Crippen LogP contribution in [-0.2, 0) is 36.0 Å². The normalized spacial score (nSPS) is 28.2. The number of cyclic esters (lactones) is 1. The molecule has 2 bridgehead atoms. The van der Waals surface area contributed by atoms with Gasteiger partial charge < -0.3 is 28.8 Å². The molecule has 12 nitrogen and oxygen atoms in total. The van der Waals surface area contributed by atoms with Gasteiger partial charge in [-0.25, -0.2) is 24.3 Å². The molecule has 1 N–H and O–H groups in total. The van der Waals surface area contributed by atoms with E-state index < -0.39 is 53.9 Å². The van der Waals surface area contributed by atoms with Crippen molar-refractivity contribution in [1.82, 2.24) is 4.90 Å². The van der Waals surface area contributed by atoms with E-state index >= 15 is 0 Å². The third-order valence-corrected chi connectivity index (χ3v) is 7.18. The summed E-state index contributed by atoms with van der Waals surface area (Å²) >= 11 is 0. The van der Waals surface area contributed by atoms with Crippen molar-refractivity contribution in [3.8, 4) is 5.75 Å². The van der Waals surface area contributed by atoms with Crippen molar-refractivity contribution in [2.75, 3.05) is 25.3 Å². The van der Waals surface area contributed by atoms with E-state index in [-0.39, 0.29) is 30.0 Å². The smallest absolute Gasteiger partial charge is 0.488 e. The molecule has 1 spiro atoms. The fraction of sp³-hybridized carbons (Fsp3) is 0.444. The molecule has 4 heterocycles. The SMILES string of the molecule is COC(=O)c1cc(OCc2ccccc2)c2c(c1)N1C[C@H]3[C@H](N3C(=O)OC(C)(C)C)[C@](O)(O1)[C@]21COC(=O)O1. The van der Waals surface area contributed by atoms with Gasteiger partial charge in [-0.3, -0.25) is 4.90 Å². The van der Waals surface area contributed by atoms with Crippen LogP contribution in [0, 0.1) is 0 Å². The zero-order valence-electron chi connectivity index (χ0n) is 21.8. The predicted octanol–water partition coefficient (Wildman–Crippen LogP) is 2.86. The van der Waals surface area contributed by atoms with Crippen molar-refractivity contribution in [3.63, 3.8) is 0 Å².